The lowest BCUT2D eigenvalue weighted by Gasteiger charge is -2.07. The molecule has 1 aromatic rings. The van der Waals surface area contributed by atoms with E-state index in [4.69, 9.17) is 5.73 Å². The molecule has 0 atom stereocenters. The molecule has 0 bridgehead atoms. The van der Waals surface area contributed by atoms with Gasteiger partial charge in [-0.2, -0.15) is 13.2 Å². The molecule has 1 heterocycles. The molecule has 2 N–H and O–H groups in total. The molecule has 1 aromatic heterocycles. The van der Waals surface area contributed by atoms with E-state index in [-0.39, 0.29) is 12.4 Å². The number of nitrogens with zero attached hydrogens (tertiary/aromatic N) is 2. The van der Waals surface area contributed by atoms with E-state index in [1.807, 2.05) is 0 Å². The zero-order valence-electron chi connectivity index (χ0n) is 7.08. The summed E-state index contributed by atoms with van der Waals surface area (Å²) in [7, 11) is 0. The van der Waals surface area contributed by atoms with E-state index in [1.165, 1.54) is 12.4 Å². The SMILES string of the molecule is NC(=O)Cn1ccnc1CC(F)(F)F. The molecule has 14 heavy (non-hydrogen) atoms. The quantitative estimate of drug-likeness (QED) is 0.783. The van der Waals surface area contributed by atoms with Crippen LogP contribution < -0.4 is 5.73 Å². The fourth-order valence-electron chi connectivity index (χ4n) is 0.998. The minimum absolute atomic E-state index is 0.212. The number of nitrogens with two attached hydrogens (primary N) is 1. The van der Waals surface area contributed by atoms with Crippen LogP contribution in [0.2, 0.25) is 0 Å². The van der Waals surface area contributed by atoms with Gasteiger partial charge in [0.05, 0.1) is 0 Å². The summed E-state index contributed by atoms with van der Waals surface area (Å²) in [5.41, 5.74) is 4.85. The van der Waals surface area contributed by atoms with Crippen molar-refractivity contribution in [2.24, 2.45) is 5.73 Å². The molecule has 1 rings (SSSR count). The van der Waals surface area contributed by atoms with Gasteiger partial charge in [-0.05, 0) is 0 Å². The van der Waals surface area contributed by atoms with Gasteiger partial charge in [0, 0.05) is 12.4 Å². The molecule has 4 nitrogen and oxygen atoms in total. The minimum Gasteiger partial charge on any atom is -0.368 e. The first kappa shape index (κ1) is 10.6. The first-order valence-corrected chi connectivity index (χ1v) is 3.73. The predicted molar refractivity (Wildman–Crippen MR) is 41.2 cm³/mol. The Kier molecular flexibility index (Phi) is 2.78. The van der Waals surface area contributed by atoms with E-state index in [0.29, 0.717) is 0 Å². The summed E-state index contributed by atoms with van der Waals surface area (Å²) in [5.74, 6) is -0.914. The van der Waals surface area contributed by atoms with Crippen molar-refractivity contribution >= 4 is 5.91 Å². The van der Waals surface area contributed by atoms with Crippen LogP contribution in [0, 0.1) is 0 Å². The van der Waals surface area contributed by atoms with E-state index < -0.39 is 18.5 Å². The molecule has 78 valence electrons. The smallest absolute Gasteiger partial charge is 0.368 e. The van der Waals surface area contributed by atoms with Crippen LogP contribution in [0.1, 0.15) is 5.82 Å². The van der Waals surface area contributed by atoms with Crippen LogP contribution in [-0.2, 0) is 17.8 Å². The Morgan fingerprint density at radius 2 is 2.21 bits per heavy atom. The topological polar surface area (TPSA) is 60.9 Å². The molecule has 1 amide bonds. The number of carbonyl (C=O) groups is 1. The van der Waals surface area contributed by atoms with E-state index >= 15 is 0 Å². The summed E-state index contributed by atoms with van der Waals surface area (Å²) in [6, 6.07) is 0. The fraction of sp³-hybridized carbons (Fsp3) is 0.429. The summed E-state index contributed by atoms with van der Waals surface area (Å²) in [6.45, 7) is -0.286. The van der Waals surface area contributed by atoms with Crippen LogP contribution in [0.25, 0.3) is 0 Å². The summed E-state index contributed by atoms with van der Waals surface area (Å²) < 4.78 is 37.0. The lowest BCUT2D eigenvalue weighted by Crippen LogP contribution is -2.22. The number of carbonyl (C=O) groups excluding carboxylic acids is 1. The number of primary amides is 1. The van der Waals surface area contributed by atoms with Gasteiger partial charge in [0.1, 0.15) is 18.8 Å². The normalized spacial score (nSPS) is 11.6. The van der Waals surface area contributed by atoms with Gasteiger partial charge in [0.2, 0.25) is 5.91 Å². The minimum atomic E-state index is -4.33. The summed E-state index contributed by atoms with van der Waals surface area (Å²) in [5, 5.41) is 0. The number of alkyl halides is 3. The zero-order valence-corrected chi connectivity index (χ0v) is 7.08. The average Bonchev–Trinajstić information content (AvgIpc) is 2.32. The van der Waals surface area contributed by atoms with Gasteiger partial charge < -0.3 is 10.3 Å². The molecule has 0 fully saturated rings. The molecule has 0 unspecified atom stereocenters. The second-order valence-electron chi connectivity index (χ2n) is 2.73. The Labute approximate surface area is 77.5 Å². The highest BCUT2D eigenvalue weighted by Gasteiger charge is 2.30. The maximum Gasteiger partial charge on any atom is 0.396 e. The zero-order chi connectivity index (χ0) is 10.8. The molecular formula is C7H8F3N3O. The molecule has 0 aliphatic heterocycles. The molecule has 0 aliphatic rings. The number of hydrogen-bond donors (Lipinski definition) is 1. The van der Waals surface area contributed by atoms with Gasteiger partial charge in [-0.25, -0.2) is 4.98 Å². The largest absolute Gasteiger partial charge is 0.396 e. The number of rotatable bonds is 3. The van der Waals surface area contributed by atoms with Gasteiger partial charge in [0.25, 0.3) is 0 Å². The molecular weight excluding hydrogens is 199 g/mol. The Bertz CT molecular complexity index is 331. The van der Waals surface area contributed by atoms with E-state index in [0.717, 1.165) is 4.57 Å². The second-order valence-corrected chi connectivity index (χ2v) is 2.73. The van der Waals surface area contributed by atoms with Crippen LogP contribution in [0.4, 0.5) is 13.2 Å². The van der Waals surface area contributed by atoms with Crippen LogP contribution in [-0.4, -0.2) is 21.6 Å². The molecule has 0 saturated heterocycles. The fourth-order valence-corrected chi connectivity index (χ4v) is 0.998. The van der Waals surface area contributed by atoms with Gasteiger partial charge in [-0.1, -0.05) is 0 Å². The summed E-state index contributed by atoms with van der Waals surface area (Å²) in [4.78, 5) is 14.0. The van der Waals surface area contributed by atoms with Crippen LogP contribution in [0.5, 0.6) is 0 Å². The van der Waals surface area contributed by atoms with Gasteiger partial charge >= 0.3 is 6.18 Å². The van der Waals surface area contributed by atoms with E-state index in [2.05, 4.69) is 4.98 Å². The average molecular weight is 207 g/mol. The molecule has 0 aromatic carbocycles. The van der Waals surface area contributed by atoms with Crippen molar-refractivity contribution in [3.05, 3.63) is 18.2 Å². The van der Waals surface area contributed by atoms with Crippen LogP contribution in [0.3, 0.4) is 0 Å². The van der Waals surface area contributed by atoms with Crippen molar-refractivity contribution in [1.82, 2.24) is 9.55 Å². The van der Waals surface area contributed by atoms with Crippen LogP contribution >= 0.6 is 0 Å². The number of halogens is 3. The highest BCUT2D eigenvalue weighted by Crippen LogP contribution is 2.20. The number of hydrogen-bond acceptors (Lipinski definition) is 2. The van der Waals surface area contributed by atoms with Gasteiger partial charge in [-0.3, -0.25) is 4.79 Å². The first-order chi connectivity index (χ1) is 6.38. The van der Waals surface area contributed by atoms with Crippen LogP contribution in [0.15, 0.2) is 12.4 Å². The third-order valence-corrected chi connectivity index (χ3v) is 1.49. The summed E-state index contributed by atoms with van der Waals surface area (Å²) in [6.07, 6.45) is -3.01. The van der Waals surface area contributed by atoms with Gasteiger partial charge in [-0.15, -0.1) is 0 Å². The number of imidazole rings is 1. The Morgan fingerprint density at radius 3 is 2.71 bits per heavy atom. The Hall–Kier alpha value is -1.53. The van der Waals surface area contributed by atoms with E-state index in [9.17, 15) is 18.0 Å². The molecule has 0 aliphatic carbocycles. The van der Waals surface area contributed by atoms with Crippen molar-refractivity contribution < 1.29 is 18.0 Å². The molecule has 7 heteroatoms. The molecule has 0 radical (unpaired) electrons. The highest BCUT2D eigenvalue weighted by molar-refractivity contribution is 5.73. The highest BCUT2D eigenvalue weighted by atomic mass is 19.4. The standard InChI is InChI=1S/C7H8F3N3O/c8-7(9,10)3-6-12-1-2-13(6)4-5(11)14/h1-2H,3-4H2,(H2,11,14). The number of aromatic nitrogens is 2. The Morgan fingerprint density at radius 1 is 1.57 bits per heavy atom. The lowest BCUT2D eigenvalue weighted by atomic mass is 10.4. The maximum atomic E-state index is 12.0. The lowest BCUT2D eigenvalue weighted by molar-refractivity contribution is -0.129. The van der Waals surface area contributed by atoms with Crippen molar-refractivity contribution in [1.29, 1.82) is 0 Å². The molecule has 0 saturated carbocycles. The summed E-state index contributed by atoms with van der Waals surface area (Å²) >= 11 is 0. The maximum absolute atomic E-state index is 12.0. The van der Waals surface area contributed by atoms with Gasteiger partial charge in [0.15, 0.2) is 0 Å². The van der Waals surface area contributed by atoms with Crippen molar-refractivity contribution in [2.75, 3.05) is 0 Å². The third kappa shape index (κ3) is 3.08. The third-order valence-electron chi connectivity index (χ3n) is 1.49. The molecule has 0 spiro atoms. The second kappa shape index (κ2) is 3.69. The van der Waals surface area contributed by atoms with Crippen molar-refractivity contribution in [3.8, 4) is 0 Å². The Balaban J connectivity index is 2.77. The predicted octanol–water partition coefficient (Wildman–Crippen LogP) is 0.473. The van der Waals surface area contributed by atoms with E-state index in [1.54, 1.807) is 0 Å². The van der Waals surface area contributed by atoms with Crippen molar-refractivity contribution in [3.63, 3.8) is 0 Å². The number of amides is 1. The monoisotopic (exact) mass is 207 g/mol. The van der Waals surface area contributed by atoms with Crippen molar-refractivity contribution in [2.45, 2.75) is 19.1 Å². The first-order valence-electron chi connectivity index (χ1n) is 3.73.